The summed E-state index contributed by atoms with van der Waals surface area (Å²) < 4.78 is 1.78. The zero-order valence-corrected chi connectivity index (χ0v) is 13.4. The Morgan fingerprint density at radius 1 is 1.33 bits per heavy atom. The standard InChI is InChI=1S/C13H17N5O.2ClH/c1-9(2)12(14)13(19)17-10-3-4-11(16-7-10)18-6-5-15-8-18;;/h3-9,12H,14H2,1-2H3,(H,17,19);2*1H/t12-;;/m1../s1. The molecular weight excluding hydrogens is 313 g/mol. The molecular formula is C13H19Cl2N5O. The highest BCUT2D eigenvalue weighted by Crippen LogP contribution is 2.10. The number of aromatic nitrogens is 3. The Hall–Kier alpha value is -1.63. The Labute approximate surface area is 136 Å². The number of rotatable bonds is 4. The number of halogens is 2. The van der Waals surface area contributed by atoms with Crippen molar-refractivity contribution in [2.45, 2.75) is 19.9 Å². The average molecular weight is 332 g/mol. The number of hydrogen-bond donors (Lipinski definition) is 2. The molecule has 0 spiro atoms. The Kier molecular flexibility index (Phi) is 7.94. The Bertz CT molecular complexity index is 542. The van der Waals surface area contributed by atoms with Gasteiger partial charge in [0.2, 0.25) is 5.91 Å². The number of anilines is 1. The van der Waals surface area contributed by atoms with Crippen LogP contribution in [0.3, 0.4) is 0 Å². The highest BCUT2D eigenvalue weighted by Gasteiger charge is 2.17. The van der Waals surface area contributed by atoms with E-state index in [0.717, 1.165) is 5.82 Å². The summed E-state index contributed by atoms with van der Waals surface area (Å²) in [6, 6.07) is 3.07. The Morgan fingerprint density at radius 2 is 2.05 bits per heavy atom. The molecule has 0 radical (unpaired) electrons. The fraction of sp³-hybridized carbons (Fsp3) is 0.308. The van der Waals surface area contributed by atoms with E-state index in [0.29, 0.717) is 5.69 Å². The summed E-state index contributed by atoms with van der Waals surface area (Å²) in [5.41, 5.74) is 6.40. The predicted octanol–water partition coefficient (Wildman–Crippen LogP) is 2.03. The van der Waals surface area contributed by atoms with Crippen LogP contribution in [0.25, 0.3) is 5.82 Å². The SMILES string of the molecule is CC(C)[C@@H](N)C(=O)Nc1ccc(-n2ccnc2)nc1.Cl.Cl. The molecule has 1 amide bonds. The fourth-order valence-electron chi connectivity index (χ4n) is 1.54. The number of pyridine rings is 1. The van der Waals surface area contributed by atoms with Gasteiger partial charge in [-0.15, -0.1) is 24.8 Å². The summed E-state index contributed by atoms with van der Waals surface area (Å²) in [4.78, 5) is 20.0. The van der Waals surface area contributed by atoms with E-state index in [9.17, 15) is 4.79 Å². The molecule has 116 valence electrons. The van der Waals surface area contributed by atoms with E-state index in [1.807, 2.05) is 13.8 Å². The quantitative estimate of drug-likeness (QED) is 0.897. The molecule has 0 saturated carbocycles. The van der Waals surface area contributed by atoms with Crippen LogP contribution in [0.1, 0.15) is 13.8 Å². The van der Waals surface area contributed by atoms with Crippen molar-refractivity contribution in [1.82, 2.24) is 14.5 Å². The van der Waals surface area contributed by atoms with E-state index < -0.39 is 6.04 Å². The van der Waals surface area contributed by atoms with Crippen LogP contribution in [0.15, 0.2) is 37.1 Å². The first-order valence-electron chi connectivity index (χ1n) is 6.09. The third-order valence-corrected chi connectivity index (χ3v) is 2.81. The van der Waals surface area contributed by atoms with Gasteiger partial charge < -0.3 is 11.1 Å². The molecule has 0 aliphatic carbocycles. The lowest BCUT2D eigenvalue weighted by molar-refractivity contribution is -0.118. The molecule has 8 heteroatoms. The lowest BCUT2D eigenvalue weighted by atomic mass is 10.1. The monoisotopic (exact) mass is 331 g/mol. The van der Waals surface area contributed by atoms with Gasteiger partial charge in [0.05, 0.1) is 17.9 Å². The van der Waals surface area contributed by atoms with E-state index in [-0.39, 0.29) is 36.6 Å². The lowest BCUT2D eigenvalue weighted by Crippen LogP contribution is -2.39. The number of nitrogens with zero attached hydrogens (tertiary/aromatic N) is 3. The van der Waals surface area contributed by atoms with Crippen molar-refractivity contribution < 1.29 is 4.79 Å². The van der Waals surface area contributed by atoms with E-state index in [2.05, 4.69) is 15.3 Å². The molecule has 0 bridgehead atoms. The number of hydrogen-bond acceptors (Lipinski definition) is 4. The summed E-state index contributed by atoms with van der Waals surface area (Å²) in [5.74, 6) is 0.633. The van der Waals surface area contributed by atoms with Crippen LogP contribution in [-0.2, 0) is 4.79 Å². The minimum atomic E-state index is -0.520. The average Bonchev–Trinajstić information content (AvgIpc) is 2.92. The van der Waals surface area contributed by atoms with Crippen LogP contribution in [0, 0.1) is 5.92 Å². The van der Waals surface area contributed by atoms with Crippen molar-refractivity contribution in [3.63, 3.8) is 0 Å². The lowest BCUT2D eigenvalue weighted by Gasteiger charge is -2.15. The molecule has 3 N–H and O–H groups in total. The third kappa shape index (κ3) is 5.00. The Balaban J connectivity index is 0.00000200. The summed E-state index contributed by atoms with van der Waals surface area (Å²) in [6.45, 7) is 3.81. The number of nitrogens with two attached hydrogens (primary N) is 1. The highest BCUT2D eigenvalue weighted by atomic mass is 35.5. The number of nitrogens with one attached hydrogen (secondary N) is 1. The normalized spacial score (nSPS) is 11.2. The van der Waals surface area contributed by atoms with Gasteiger partial charge in [0.15, 0.2) is 0 Å². The van der Waals surface area contributed by atoms with Crippen LogP contribution >= 0.6 is 24.8 Å². The van der Waals surface area contributed by atoms with Crippen LogP contribution in [0.2, 0.25) is 0 Å². The highest BCUT2D eigenvalue weighted by molar-refractivity contribution is 5.94. The summed E-state index contributed by atoms with van der Waals surface area (Å²) in [6.07, 6.45) is 6.74. The second kappa shape index (κ2) is 8.61. The first kappa shape index (κ1) is 19.4. The van der Waals surface area contributed by atoms with Crippen LogP contribution in [-0.4, -0.2) is 26.5 Å². The molecule has 2 aromatic rings. The predicted molar refractivity (Wildman–Crippen MR) is 87.3 cm³/mol. The maximum atomic E-state index is 11.8. The molecule has 0 fully saturated rings. The van der Waals surface area contributed by atoms with Crippen molar-refractivity contribution >= 4 is 36.4 Å². The topological polar surface area (TPSA) is 85.8 Å². The van der Waals surface area contributed by atoms with E-state index in [4.69, 9.17) is 5.73 Å². The van der Waals surface area contributed by atoms with E-state index >= 15 is 0 Å². The van der Waals surface area contributed by atoms with E-state index in [1.54, 1.807) is 41.6 Å². The van der Waals surface area contributed by atoms with Gasteiger partial charge in [-0.3, -0.25) is 9.36 Å². The summed E-state index contributed by atoms with van der Waals surface area (Å²) in [7, 11) is 0. The minimum Gasteiger partial charge on any atom is -0.323 e. The molecule has 6 nitrogen and oxygen atoms in total. The minimum absolute atomic E-state index is 0. The number of imidazole rings is 1. The molecule has 0 unspecified atom stereocenters. The second-order valence-electron chi connectivity index (χ2n) is 4.63. The first-order valence-corrected chi connectivity index (χ1v) is 6.09. The number of carbonyl (C=O) groups is 1. The smallest absolute Gasteiger partial charge is 0.241 e. The van der Waals surface area contributed by atoms with Gasteiger partial charge >= 0.3 is 0 Å². The van der Waals surface area contributed by atoms with Crippen molar-refractivity contribution in [2.24, 2.45) is 11.7 Å². The van der Waals surface area contributed by atoms with Crippen molar-refractivity contribution in [1.29, 1.82) is 0 Å². The molecule has 2 rings (SSSR count). The number of carbonyl (C=O) groups excluding carboxylic acids is 1. The maximum absolute atomic E-state index is 11.8. The summed E-state index contributed by atoms with van der Waals surface area (Å²) >= 11 is 0. The van der Waals surface area contributed by atoms with Gasteiger partial charge in [-0.25, -0.2) is 9.97 Å². The zero-order valence-electron chi connectivity index (χ0n) is 11.8. The van der Waals surface area contributed by atoms with Gasteiger partial charge in [-0.05, 0) is 18.1 Å². The first-order chi connectivity index (χ1) is 9.08. The van der Waals surface area contributed by atoms with Crippen LogP contribution in [0.4, 0.5) is 5.69 Å². The second-order valence-corrected chi connectivity index (χ2v) is 4.63. The number of amides is 1. The molecule has 2 aromatic heterocycles. The van der Waals surface area contributed by atoms with Crippen molar-refractivity contribution in [3.05, 3.63) is 37.1 Å². The Morgan fingerprint density at radius 3 is 2.52 bits per heavy atom. The zero-order chi connectivity index (χ0) is 13.8. The summed E-state index contributed by atoms with van der Waals surface area (Å²) in [5, 5.41) is 2.74. The van der Waals surface area contributed by atoms with E-state index in [1.165, 1.54) is 0 Å². The molecule has 0 aliphatic heterocycles. The largest absolute Gasteiger partial charge is 0.323 e. The van der Waals surface area contributed by atoms with Crippen LogP contribution in [0.5, 0.6) is 0 Å². The molecule has 0 aliphatic rings. The molecule has 2 heterocycles. The third-order valence-electron chi connectivity index (χ3n) is 2.81. The van der Waals surface area contributed by atoms with Gasteiger partial charge in [0, 0.05) is 12.4 Å². The van der Waals surface area contributed by atoms with Crippen LogP contribution < -0.4 is 11.1 Å². The molecule has 1 atom stereocenters. The van der Waals surface area contributed by atoms with Crippen molar-refractivity contribution in [2.75, 3.05) is 5.32 Å². The van der Waals surface area contributed by atoms with Gasteiger partial charge in [-0.1, -0.05) is 13.8 Å². The molecule has 0 saturated heterocycles. The van der Waals surface area contributed by atoms with Gasteiger partial charge in [0.25, 0.3) is 0 Å². The van der Waals surface area contributed by atoms with Crippen molar-refractivity contribution in [3.8, 4) is 5.82 Å². The molecule has 21 heavy (non-hydrogen) atoms. The van der Waals surface area contributed by atoms with Gasteiger partial charge in [-0.2, -0.15) is 0 Å². The molecule has 0 aromatic carbocycles. The fourth-order valence-corrected chi connectivity index (χ4v) is 1.54. The van der Waals surface area contributed by atoms with Gasteiger partial charge in [0.1, 0.15) is 12.1 Å². The maximum Gasteiger partial charge on any atom is 0.241 e.